The summed E-state index contributed by atoms with van der Waals surface area (Å²) < 4.78 is 80.3. The number of carbonyl (C=O) groups excluding carboxylic acids is 1. The van der Waals surface area contributed by atoms with Crippen molar-refractivity contribution >= 4 is 17.5 Å². The van der Waals surface area contributed by atoms with Gasteiger partial charge in [0, 0.05) is 48.7 Å². The Hall–Kier alpha value is -2.30. The Bertz CT molecular complexity index is 1070. The predicted octanol–water partition coefficient (Wildman–Crippen LogP) is 6.06. The summed E-state index contributed by atoms with van der Waals surface area (Å²) in [5.74, 6) is -1.07. The maximum atomic E-state index is 13.4. The van der Waals surface area contributed by atoms with Crippen molar-refractivity contribution in [3.63, 3.8) is 0 Å². The quantitative estimate of drug-likeness (QED) is 0.473. The summed E-state index contributed by atoms with van der Waals surface area (Å²) >= 11 is 6.07. The Kier molecular flexibility index (Phi) is 8.11. The maximum absolute atomic E-state index is 13.4. The molecule has 202 valence electrons. The molecule has 4 nitrogen and oxygen atoms in total. The Morgan fingerprint density at radius 2 is 1.51 bits per heavy atom. The molecule has 2 atom stereocenters. The average Bonchev–Trinajstić information content (AvgIpc) is 2.87. The van der Waals surface area contributed by atoms with E-state index in [1.165, 1.54) is 11.9 Å². The van der Waals surface area contributed by atoms with Crippen LogP contribution in [0.4, 0.5) is 26.3 Å². The molecule has 11 heteroatoms. The van der Waals surface area contributed by atoms with Crippen LogP contribution < -0.4 is 5.32 Å². The number of nitrogens with one attached hydrogen (secondary N) is 1. The van der Waals surface area contributed by atoms with Gasteiger partial charge < -0.3 is 10.2 Å². The number of halogens is 7. The monoisotopic (exact) mass is 547 g/mol. The molecule has 2 aromatic carbocycles. The van der Waals surface area contributed by atoms with Gasteiger partial charge in [-0.25, -0.2) is 0 Å². The standard InChI is InChI=1S/C26H28ClF6N3O/c1-35(24(37)17-12-18(25(28,29)30)14-19(13-17)26(31,32)33)23-8-11-36(21-6-9-34-10-7-21)15-22(23)16-2-4-20(27)5-3-16/h2-5,12-14,21-23,34H,6-11,15H2,1H3/t22-,23+/m0/s1. The van der Waals surface area contributed by atoms with Gasteiger partial charge in [-0.15, -0.1) is 0 Å². The van der Waals surface area contributed by atoms with E-state index in [-0.39, 0.29) is 12.0 Å². The summed E-state index contributed by atoms with van der Waals surface area (Å²) in [6.07, 6.45) is -7.55. The van der Waals surface area contributed by atoms with Crippen LogP contribution in [0.5, 0.6) is 0 Å². The summed E-state index contributed by atoms with van der Waals surface area (Å²) in [6.45, 7) is 3.11. The van der Waals surface area contributed by atoms with E-state index in [9.17, 15) is 31.1 Å². The van der Waals surface area contributed by atoms with Crippen LogP contribution in [-0.4, -0.2) is 61.0 Å². The second kappa shape index (κ2) is 10.8. The van der Waals surface area contributed by atoms with E-state index in [1.54, 1.807) is 12.1 Å². The van der Waals surface area contributed by atoms with Crippen LogP contribution in [0, 0.1) is 0 Å². The van der Waals surface area contributed by atoms with Gasteiger partial charge in [-0.3, -0.25) is 9.69 Å². The highest BCUT2D eigenvalue weighted by Crippen LogP contribution is 2.38. The van der Waals surface area contributed by atoms with E-state index >= 15 is 0 Å². The molecule has 37 heavy (non-hydrogen) atoms. The molecule has 0 bridgehead atoms. The van der Waals surface area contributed by atoms with Crippen LogP contribution in [0.2, 0.25) is 5.02 Å². The summed E-state index contributed by atoms with van der Waals surface area (Å²) in [6, 6.07) is 8.16. The van der Waals surface area contributed by atoms with Gasteiger partial charge in [0.2, 0.25) is 0 Å². The number of benzene rings is 2. The van der Waals surface area contributed by atoms with Crippen LogP contribution in [0.1, 0.15) is 52.2 Å². The summed E-state index contributed by atoms with van der Waals surface area (Å²) in [5, 5.41) is 3.88. The van der Waals surface area contributed by atoms with Crippen molar-refractivity contribution in [2.24, 2.45) is 0 Å². The predicted molar refractivity (Wildman–Crippen MR) is 129 cm³/mol. The number of amides is 1. The molecule has 1 N–H and O–H groups in total. The number of hydrogen-bond donors (Lipinski definition) is 1. The number of piperidine rings is 2. The number of carbonyl (C=O) groups is 1. The molecule has 2 aliphatic heterocycles. The lowest BCUT2D eigenvalue weighted by Crippen LogP contribution is -2.54. The van der Waals surface area contributed by atoms with E-state index < -0.39 is 41.0 Å². The number of hydrogen-bond acceptors (Lipinski definition) is 3. The molecule has 2 heterocycles. The molecule has 0 aliphatic carbocycles. The fourth-order valence-electron chi connectivity index (χ4n) is 5.40. The van der Waals surface area contributed by atoms with Crippen molar-refractivity contribution in [1.82, 2.24) is 15.1 Å². The molecular formula is C26H28ClF6N3O. The normalized spacial score (nSPS) is 22.2. The SMILES string of the molecule is CN(C(=O)c1cc(C(F)(F)F)cc(C(F)(F)F)c1)[C@@H]1CCN(C2CCNCC2)C[C@H]1c1ccc(Cl)cc1. The first-order valence-corrected chi connectivity index (χ1v) is 12.5. The largest absolute Gasteiger partial charge is 0.416 e. The second-order valence-electron chi connectivity index (χ2n) is 9.70. The third-order valence-electron chi connectivity index (χ3n) is 7.38. The number of rotatable bonds is 4. The zero-order valence-electron chi connectivity index (χ0n) is 20.2. The van der Waals surface area contributed by atoms with E-state index in [1.807, 2.05) is 12.1 Å². The highest BCUT2D eigenvalue weighted by molar-refractivity contribution is 6.30. The Labute approximate surface area is 216 Å². The molecular weight excluding hydrogens is 520 g/mol. The first-order chi connectivity index (χ1) is 17.3. The van der Waals surface area contributed by atoms with Crippen LogP contribution in [0.15, 0.2) is 42.5 Å². The van der Waals surface area contributed by atoms with Crippen molar-refractivity contribution < 1.29 is 31.1 Å². The Morgan fingerprint density at radius 1 is 0.946 bits per heavy atom. The van der Waals surface area contributed by atoms with E-state index in [0.29, 0.717) is 42.7 Å². The highest BCUT2D eigenvalue weighted by Gasteiger charge is 2.40. The summed E-state index contributed by atoms with van der Waals surface area (Å²) in [7, 11) is 1.45. The molecule has 1 amide bonds. The summed E-state index contributed by atoms with van der Waals surface area (Å²) in [4.78, 5) is 17.0. The molecule has 2 aromatic rings. The molecule has 4 rings (SSSR count). The fourth-order valence-corrected chi connectivity index (χ4v) is 5.53. The van der Waals surface area contributed by atoms with Crippen molar-refractivity contribution in [3.8, 4) is 0 Å². The van der Waals surface area contributed by atoms with Gasteiger partial charge in [-0.05, 0) is 68.2 Å². The lowest BCUT2D eigenvalue weighted by atomic mass is 9.83. The minimum absolute atomic E-state index is 0.0325. The highest BCUT2D eigenvalue weighted by atomic mass is 35.5. The fraction of sp³-hybridized carbons (Fsp3) is 0.500. The third kappa shape index (κ3) is 6.41. The zero-order valence-corrected chi connectivity index (χ0v) is 20.9. The lowest BCUT2D eigenvalue weighted by Gasteiger charge is -2.46. The molecule has 0 aromatic heterocycles. The van der Waals surface area contributed by atoms with Gasteiger partial charge in [0.1, 0.15) is 0 Å². The number of likely N-dealkylation sites (N-methyl/N-ethyl adjacent to an activating group) is 1. The average molecular weight is 548 g/mol. The van der Waals surface area contributed by atoms with Gasteiger partial charge in [-0.2, -0.15) is 26.3 Å². The number of likely N-dealkylation sites (tertiary alicyclic amines) is 1. The first kappa shape index (κ1) is 27.7. The molecule has 0 saturated carbocycles. The smallest absolute Gasteiger partial charge is 0.338 e. The van der Waals surface area contributed by atoms with Gasteiger partial charge >= 0.3 is 12.4 Å². The van der Waals surface area contributed by atoms with E-state index in [2.05, 4.69) is 10.2 Å². The van der Waals surface area contributed by atoms with E-state index in [4.69, 9.17) is 11.6 Å². The second-order valence-corrected chi connectivity index (χ2v) is 10.1. The Balaban J connectivity index is 1.65. The molecule has 2 aliphatic rings. The maximum Gasteiger partial charge on any atom is 0.416 e. The van der Waals surface area contributed by atoms with Crippen molar-refractivity contribution in [1.29, 1.82) is 0 Å². The van der Waals surface area contributed by atoms with Gasteiger partial charge in [0.15, 0.2) is 0 Å². The minimum atomic E-state index is -5.03. The van der Waals surface area contributed by atoms with Gasteiger partial charge in [0.05, 0.1) is 11.1 Å². The number of alkyl halides is 6. The number of nitrogens with zero attached hydrogens (tertiary/aromatic N) is 2. The first-order valence-electron chi connectivity index (χ1n) is 12.1. The van der Waals surface area contributed by atoms with Crippen LogP contribution >= 0.6 is 11.6 Å². The van der Waals surface area contributed by atoms with E-state index in [0.717, 1.165) is 31.5 Å². The molecule has 0 radical (unpaired) electrons. The molecule has 2 saturated heterocycles. The minimum Gasteiger partial charge on any atom is -0.338 e. The van der Waals surface area contributed by atoms with Gasteiger partial charge in [0.25, 0.3) is 5.91 Å². The molecule has 0 unspecified atom stereocenters. The van der Waals surface area contributed by atoms with Crippen molar-refractivity contribution in [3.05, 3.63) is 69.7 Å². The van der Waals surface area contributed by atoms with Crippen LogP contribution in [-0.2, 0) is 12.4 Å². The Morgan fingerprint density at radius 3 is 2.05 bits per heavy atom. The van der Waals surface area contributed by atoms with Crippen LogP contribution in [0.25, 0.3) is 0 Å². The molecule has 0 spiro atoms. The van der Waals surface area contributed by atoms with Crippen molar-refractivity contribution in [2.75, 3.05) is 33.2 Å². The zero-order chi connectivity index (χ0) is 27.0. The van der Waals surface area contributed by atoms with Gasteiger partial charge in [-0.1, -0.05) is 23.7 Å². The topological polar surface area (TPSA) is 35.6 Å². The third-order valence-corrected chi connectivity index (χ3v) is 7.64. The summed E-state index contributed by atoms with van der Waals surface area (Å²) in [5.41, 5.74) is -2.74. The van der Waals surface area contributed by atoms with Crippen LogP contribution in [0.3, 0.4) is 0 Å². The molecule has 2 fully saturated rings. The lowest BCUT2D eigenvalue weighted by molar-refractivity contribution is -0.143. The van der Waals surface area contributed by atoms with Crippen molar-refractivity contribution in [2.45, 2.75) is 49.6 Å².